The Bertz CT molecular complexity index is 613. The second kappa shape index (κ2) is 5.35. The highest BCUT2D eigenvalue weighted by Gasteiger charge is 2.20. The lowest BCUT2D eigenvalue weighted by molar-refractivity contribution is 0.411. The third-order valence-electron chi connectivity index (χ3n) is 2.26. The van der Waals surface area contributed by atoms with Gasteiger partial charge in [0, 0.05) is 4.88 Å². The Balaban J connectivity index is 2.25. The summed E-state index contributed by atoms with van der Waals surface area (Å²) in [5.41, 5.74) is 1.84. The summed E-state index contributed by atoms with van der Waals surface area (Å²) >= 11 is 1.36. The van der Waals surface area contributed by atoms with Crippen LogP contribution in [0.4, 0.5) is 23.2 Å². The molecule has 0 aromatic carbocycles. The molecule has 0 amide bonds. The normalized spacial score (nSPS) is 11.2. The van der Waals surface area contributed by atoms with Crippen molar-refractivity contribution in [1.82, 2.24) is 4.98 Å². The van der Waals surface area contributed by atoms with E-state index in [0.717, 1.165) is 10.4 Å². The minimum atomic E-state index is -1.73. The van der Waals surface area contributed by atoms with Crippen LogP contribution >= 0.6 is 11.3 Å². The molecule has 2 heterocycles. The van der Waals surface area contributed by atoms with Crippen LogP contribution in [0.3, 0.4) is 0 Å². The molecule has 0 saturated heterocycles. The van der Waals surface area contributed by atoms with Crippen molar-refractivity contribution in [3.63, 3.8) is 0 Å². The summed E-state index contributed by atoms with van der Waals surface area (Å²) < 4.78 is 52.0. The van der Waals surface area contributed by atoms with Gasteiger partial charge in [-0.05, 0) is 23.9 Å². The van der Waals surface area contributed by atoms with E-state index in [0.29, 0.717) is 0 Å². The van der Waals surface area contributed by atoms with Gasteiger partial charge in [-0.25, -0.2) is 0 Å². The molecule has 0 aliphatic rings. The molecule has 0 saturated carbocycles. The highest BCUT2D eigenvalue weighted by Crippen LogP contribution is 2.22. The van der Waals surface area contributed by atoms with Crippen LogP contribution in [-0.4, -0.2) is 11.2 Å². The number of nitrogens with one attached hydrogen (secondary N) is 1. The van der Waals surface area contributed by atoms with Gasteiger partial charge in [0.15, 0.2) is 0 Å². The van der Waals surface area contributed by atoms with Crippen LogP contribution in [0.5, 0.6) is 0 Å². The van der Waals surface area contributed by atoms with Crippen LogP contribution in [0.2, 0.25) is 0 Å². The first-order chi connectivity index (χ1) is 9.00. The van der Waals surface area contributed by atoms with E-state index in [1.807, 2.05) is 23.8 Å². The lowest BCUT2D eigenvalue weighted by Gasteiger charge is -2.04. The van der Waals surface area contributed by atoms with Crippen molar-refractivity contribution in [2.24, 2.45) is 5.10 Å². The van der Waals surface area contributed by atoms with Crippen LogP contribution in [0.15, 0.2) is 16.5 Å². The van der Waals surface area contributed by atoms with Crippen LogP contribution in [0.25, 0.3) is 0 Å². The van der Waals surface area contributed by atoms with E-state index < -0.39 is 29.2 Å². The van der Waals surface area contributed by atoms with Crippen molar-refractivity contribution < 1.29 is 17.6 Å². The number of rotatable bonds is 3. The average Bonchev–Trinajstić information content (AvgIpc) is 2.77. The fourth-order valence-corrected chi connectivity index (χ4v) is 2.04. The predicted octanol–water partition coefficient (Wildman–Crippen LogP) is 3.45. The molecule has 0 unspecified atom stereocenters. The van der Waals surface area contributed by atoms with Crippen LogP contribution in [0, 0.1) is 30.5 Å². The summed E-state index contributed by atoms with van der Waals surface area (Å²) in [6.07, 6.45) is 1.30. The summed E-state index contributed by atoms with van der Waals surface area (Å²) in [6, 6.07) is 1.83. The maximum absolute atomic E-state index is 13.2. The number of hydrazone groups is 1. The largest absolute Gasteiger partial charge is 0.272 e. The number of anilines is 1. The molecule has 0 radical (unpaired) electrons. The maximum Gasteiger partial charge on any atom is 0.254 e. The van der Waals surface area contributed by atoms with Gasteiger partial charge in [-0.15, -0.1) is 11.3 Å². The van der Waals surface area contributed by atoms with Gasteiger partial charge in [-0.2, -0.15) is 27.6 Å². The zero-order valence-electron chi connectivity index (χ0n) is 9.55. The van der Waals surface area contributed by atoms with E-state index in [1.165, 1.54) is 17.6 Å². The Hall–Kier alpha value is -1.96. The third-order valence-corrected chi connectivity index (χ3v) is 3.21. The molecule has 8 heteroatoms. The number of aryl methyl sites for hydroxylation is 1. The van der Waals surface area contributed by atoms with Crippen molar-refractivity contribution in [3.05, 3.63) is 45.4 Å². The summed E-state index contributed by atoms with van der Waals surface area (Å²) in [5, 5.41) is 5.35. The second-order valence-corrected chi connectivity index (χ2v) is 4.48. The van der Waals surface area contributed by atoms with Gasteiger partial charge in [0.1, 0.15) is 5.69 Å². The smallest absolute Gasteiger partial charge is 0.254 e. The average molecular weight is 289 g/mol. The topological polar surface area (TPSA) is 37.3 Å². The van der Waals surface area contributed by atoms with Gasteiger partial charge in [0.25, 0.3) is 11.9 Å². The molecule has 3 nitrogen and oxygen atoms in total. The van der Waals surface area contributed by atoms with Gasteiger partial charge in [0.05, 0.1) is 6.21 Å². The van der Waals surface area contributed by atoms with Gasteiger partial charge >= 0.3 is 0 Å². The van der Waals surface area contributed by atoms with Crippen molar-refractivity contribution in [2.45, 2.75) is 6.92 Å². The molecule has 2 aromatic rings. The number of thiophene rings is 1. The van der Waals surface area contributed by atoms with E-state index >= 15 is 0 Å². The molecule has 0 bridgehead atoms. The van der Waals surface area contributed by atoms with Crippen molar-refractivity contribution in [3.8, 4) is 0 Å². The molecule has 0 spiro atoms. The Morgan fingerprint density at radius 3 is 2.37 bits per heavy atom. The standard InChI is InChI=1S/C11H7F4N3S/c1-5-2-3-19-6(5)4-16-18-9-7(12)10(14)17-11(15)8(9)13/h2-4H,1H3,(H,17,18)/b16-4+. The molecule has 1 N–H and O–H groups in total. The molecule has 0 aliphatic carbocycles. The molecule has 0 atom stereocenters. The monoisotopic (exact) mass is 289 g/mol. The quantitative estimate of drug-likeness (QED) is 0.407. The number of pyridine rings is 1. The van der Waals surface area contributed by atoms with Crippen molar-refractivity contribution >= 4 is 23.2 Å². The second-order valence-electron chi connectivity index (χ2n) is 3.53. The molecule has 0 aliphatic heterocycles. The highest BCUT2D eigenvalue weighted by molar-refractivity contribution is 7.11. The first-order valence-electron chi connectivity index (χ1n) is 5.04. The van der Waals surface area contributed by atoms with Gasteiger partial charge in [-0.1, -0.05) is 0 Å². The first kappa shape index (κ1) is 13.5. The van der Waals surface area contributed by atoms with Crippen molar-refractivity contribution in [1.29, 1.82) is 0 Å². The highest BCUT2D eigenvalue weighted by atomic mass is 32.1. The number of halogens is 4. The Labute approximate surface area is 109 Å². The van der Waals surface area contributed by atoms with E-state index in [2.05, 4.69) is 10.1 Å². The zero-order chi connectivity index (χ0) is 14.0. The van der Waals surface area contributed by atoms with E-state index in [9.17, 15) is 17.6 Å². The minimum Gasteiger partial charge on any atom is -0.272 e. The van der Waals surface area contributed by atoms with Gasteiger partial charge < -0.3 is 0 Å². The molecule has 19 heavy (non-hydrogen) atoms. The summed E-state index contributed by atoms with van der Waals surface area (Å²) in [5.74, 6) is -6.72. The Kier molecular flexibility index (Phi) is 3.79. The van der Waals surface area contributed by atoms with Crippen LogP contribution < -0.4 is 5.43 Å². The van der Waals surface area contributed by atoms with Crippen LogP contribution in [0.1, 0.15) is 10.4 Å². The molecule has 0 fully saturated rings. The minimum absolute atomic E-state index is 0.753. The number of hydrogen-bond acceptors (Lipinski definition) is 4. The van der Waals surface area contributed by atoms with Crippen LogP contribution in [-0.2, 0) is 0 Å². The summed E-state index contributed by atoms with van der Waals surface area (Å²) in [4.78, 5) is 3.19. The SMILES string of the molecule is Cc1ccsc1/C=N/Nc1c(F)c(F)nc(F)c1F. The predicted molar refractivity (Wildman–Crippen MR) is 64.3 cm³/mol. The van der Waals surface area contributed by atoms with Gasteiger partial charge in [0.2, 0.25) is 11.6 Å². The fraction of sp³-hybridized carbons (Fsp3) is 0.0909. The maximum atomic E-state index is 13.2. The van der Waals surface area contributed by atoms with Crippen molar-refractivity contribution in [2.75, 3.05) is 5.43 Å². The molecular weight excluding hydrogens is 282 g/mol. The number of nitrogens with zero attached hydrogens (tertiary/aromatic N) is 2. The van der Waals surface area contributed by atoms with E-state index in [-0.39, 0.29) is 0 Å². The first-order valence-corrected chi connectivity index (χ1v) is 5.92. The molecule has 100 valence electrons. The Morgan fingerprint density at radius 2 is 1.84 bits per heavy atom. The number of aromatic nitrogens is 1. The number of hydrogen-bond donors (Lipinski definition) is 1. The van der Waals surface area contributed by atoms with E-state index in [4.69, 9.17) is 0 Å². The molecule has 2 aromatic heterocycles. The van der Waals surface area contributed by atoms with E-state index in [1.54, 1.807) is 0 Å². The Morgan fingerprint density at radius 1 is 1.21 bits per heavy atom. The lowest BCUT2D eigenvalue weighted by atomic mass is 10.3. The lowest BCUT2D eigenvalue weighted by Crippen LogP contribution is -2.05. The third kappa shape index (κ3) is 2.73. The molecular formula is C11H7F4N3S. The zero-order valence-corrected chi connectivity index (χ0v) is 10.4. The fourth-order valence-electron chi connectivity index (χ4n) is 1.26. The summed E-state index contributed by atoms with van der Waals surface area (Å²) in [6.45, 7) is 1.82. The summed E-state index contributed by atoms with van der Waals surface area (Å²) in [7, 11) is 0. The van der Waals surface area contributed by atoms with Gasteiger partial charge in [-0.3, -0.25) is 5.43 Å². The molecule has 2 rings (SSSR count).